The van der Waals surface area contributed by atoms with Crippen LogP contribution >= 0.6 is 0 Å². The molecule has 4 atom stereocenters. The molecule has 0 radical (unpaired) electrons. The molecule has 45 heavy (non-hydrogen) atoms. The zero-order chi connectivity index (χ0) is 32.2. The molecule has 1 aliphatic heterocycles. The molecule has 3 aromatic rings. The molecule has 3 aromatic carbocycles. The van der Waals surface area contributed by atoms with Gasteiger partial charge >= 0.3 is 6.03 Å². The molecule has 1 heterocycles. The summed E-state index contributed by atoms with van der Waals surface area (Å²) in [6.45, 7) is 8.24. The molecule has 3 N–H and O–H groups in total. The van der Waals surface area contributed by atoms with Crippen LogP contribution in [0.15, 0.2) is 78.9 Å². The second kappa shape index (κ2) is 17.0. The number of likely N-dealkylation sites (N-methyl/N-ethyl adjacent to an activating group) is 1. The molecule has 0 saturated carbocycles. The summed E-state index contributed by atoms with van der Waals surface area (Å²) < 4.78 is 12.8. The number of aliphatic hydroxyl groups excluding tert-OH is 1. The van der Waals surface area contributed by atoms with Crippen LogP contribution in [0.5, 0.6) is 5.75 Å². The molecule has 242 valence electrons. The van der Waals surface area contributed by atoms with Gasteiger partial charge in [-0.1, -0.05) is 55.5 Å². The fourth-order valence-corrected chi connectivity index (χ4v) is 5.54. The quantitative estimate of drug-likeness (QED) is 0.276. The Kier molecular flexibility index (Phi) is 12.8. The SMILES string of the molecule is C[C@H](CO)N1C[C@H](C)[C@@H](CN(C)Cc2ccccc2)OCCCC[C@H](C)Oc2ccc(NC(=O)Nc3ccccc3)cc2C1=O. The number of anilines is 2. The maximum atomic E-state index is 14.3. The predicted molar refractivity (Wildman–Crippen MR) is 179 cm³/mol. The highest BCUT2D eigenvalue weighted by Gasteiger charge is 2.30. The largest absolute Gasteiger partial charge is 0.490 e. The Bertz CT molecular complexity index is 1360. The second-order valence-electron chi connectivity index (χ2n) is 12.1. The third kappa shape index (κ3) is 10.3. The van der Waals surface area contributed by atoms with Crippen LogP contribution in [-0.4, -0.2) is 78.4 Å². The number of benzene rings is 3. The molecule has 4 rings (SSSR count). The molecule has 0 bridgehead atoms. The summed E-state index contributed by atoms with van der Waals surface area (Å²) in [5, 5.41) is 15.9. The number of hydrogen-bond acceptors (Lipinski definition) is 6. The molecular weight excluding hydrogens is 568 g/mol. The fraction of sp³-hybridized carbons (Fsp3) is 0.444. The third-order valence-corrected chi connectivity index (χ3v) is 8.13. The Morgan fingerprint density at radius 3 is 2.40 bits per heavy atom. The van der Waals surface area contributed by atoms with Gasteiger partial charge in [0.15, 0.2) is 0 Å². The maximum Gasteiger partial charge on any atom is 0.323 e. The summed E-state index contributed by atoms with van der Waals surface area (Å²) in [5.41, 5.74) is 2.68. The van der Waals surface area contributed by atoms with Gasteiger partial charge in [0.05, 0.1) is 30.4 Å². The van der Waals surface area contributed by atoms with E-state index in [2.05, 4.69) is 41.6 Å². The number of carbonyl (C=O) groups excluding carboxylic acids is 2. The number of hydrogen-bond donors (Lipinski definition) is 3. The number of nitrogens with zero attached hydrogens (tertiary/aromatic N) is 2. The summed E-state index contributed by atoms with van der Waals surface area (Å²) in [7, 11) is 2.09. The van der Waals surface area contributed by atoms with Crippen molar-refractivity contribution in [3.05, 3.63) is 90.0 Å². The highest BCUT2D eigenvalue weighted by atomic mass is 16.5. The number of rotatable bonds is 8. The standard InChI is InChI=1S/C36H48N4O5/c1-26-22-40(27(2)25-41)35(42)32-21-31(38-36(43)37-30-16-9-6-10-17-30)18-19-33(32)45-28(3)13-11-12-20-44-34(26)24-39(4)23-29-14-7-5-8-15-29/h5-10,14-19,21,26-28,34,41H,11-13,20,22-25H2,1-4H3,(H2,37,38,43)/t26-,27+,28-,34+/m0/s1. The lowest BCUT2D eigenvalue weighted by molar-refractivity contribution is -0.0177. The summed E-state index contributed by atoms with van der Waals surface area (Å²) in [4.78, 5) is 31.0. The van der Waals surface area contributed by atoms with E-state index in [1.807, 2.05) is 50.2 Å². The van der Waals surface area contributed by atoms with Gasteiger partial charge in [-0.05, 0) is 76.1 Å². The van der Waals surface area contributed by atoms with Crippen molar-refractivity contribution in [1.82, 2.24) is 9.80 Å². The number of nitrogens with one attached hydrogen (secondary N) is 2. The van der Waals surface area contributed by atoms with Crippen molar-refractivity contribution in [3.8, 4) is 5.75 Å². The average Bonchev–Trinajstić information content (AvgIpc) is 3.03. The van der Waals surface area contributed by atoms with Crippen LogP contribution in [0.25, 0.3) is 0 Å². The van der Waals surface area contributed by atoms with E-state index < -0.39 is 12.1 Å². The van der Waals surface area contributed by atoms with E-state index in [9.17, 15) is 14.7 Å². The van der Waals surface area contributed by atoms with Gasteiger partial charge in [-0.2, -0.15) is 0 Å². The average molecular weight is 617 g/mol. The second-order valence-corrected chi connectivity index (χ2v) is 12.1. The van der Waals surface area contributed by atoms with Gasteiger partial charge in [-0.15, -0.1) is 0 Å². The van der Waals surface area contributed by atoms with Crippen molar-refractivity contribution in [3.63, 3.8) is 0 Å². The molecule has 0 fully saturated rings. The zero-order valence-corrected chi connectivity index (χ0v) is 26.9. The Morgan fingerprint density at radius 1 is 1.00 bits per heavy atom. The van der Waals surface area contributed by atoms with Crippen molar-refractivity contribution in [1.29, 1.82) is 0 Å². The molecule has 0 saturated heterocycles. The number of para-hydroxylation sites is 1. The topological polar surface area (TPSA) is 103 Å². The summed E-state index contributed by atoms with van der Waals surface area (Å²) in [6, 6.07) is 23.8. The van der Waals surface area contributed by atoms with E-state index in [0.29, 0.717) is 42.4 Å². The van der Waals surface area contributed by atoms with Gasteiger partial charge in [0.25, 0.3) is 5.91 Å². The number of aliphatic hydroxyl groups is 1. The van der Waals surface area contributed by atoms with Crippen LogP contribution < -0.4 is 15.4 Å². The molecular formula is C36H48N4O5. The van der Waals surface area contributed by atoms with Crippen LogP contribution in [0.2, 0.25) is 0 Å². The van der Waals surface area contributed by atoms with E-state index in [1.165, 1.54) is 5.56 Å². The minimum Gasteiger partial charge on any atom is -0.490 e. The maximum absolute atomic E-state index is 14.3. The smallest absolute Gasteiger partial charge is 0.323 e. The van der Waals surface area contributed by atoms with Crippen molar-refractivity contribution < 1.29 is 24.2 Å². The minimum atomic E-state index is -0.446. The number of carbonyl (C=O) groups is 2. The van der Waals surface area contributed by atoms with Gasteiger partial charge in [-0.3, -0.25) is 9.69 Å². The molecule has 0 spiro atoms. The Hall–Kier alpha value is -3.92. The molecule has 0 unspecified atom stereocenters. The lowest BCUT2D eigenvalue weighted by Gasteiger charge is -2.36. The first-order valence-corrected chi connectivity index (χ1v) is 15.9. The highest BCUT2D eigenvalue weighted by Crippen LogP contribution is 2.29. The Balaban J connectivity index is 1.59. The van der Waals surface area contributed by atoms with Gasteiger partial charge in [0, 0.05) is 43.5 Å². The summed E-state index contributed by atoms with van der Waals surface area (Å²) in [5.74, 6) is 0.160. The van der Waals surface area contributed by atoms with Crippen molar-refractivity contribution in [2.45, 2.75) is 64.8 Å². The van der Waals surface area contributed by atoms with Gasteiger partial charge in [-0.25, -0.2) is 4.79 Å². The number of amides is 3. The van der Waals surface area contributed by atoms with Crippen LogP contribution in [0, 0.1) is 5.92 Å². The minimum absolute atomic E-state index is 0.0228. The predicted octanol–water partition coefficient (Wildman–Crippen LogP) is 6.26. The van der Waals surface area contributed by atoms with E-state index in [4.69, 9.17) is 9.47 Å². The van der Waals surface area contributed by atoms with E-state index >= 15 is 0 Å². The summed E-state index contributed by atoms with van der Waals surface area (Å²) >= 11 is 0. The van der Waals surface area contributed by atoms with Gasteiger partial charge < -0.3 is 30.1 Å². The first-order valence-electron chi connectivity index (χ1n) is 15.9. The van der Waals surface area contributed by atoms with Crippen LogP contribution in [0.3, 0.4) is 0 Å². The molecule has 0 aromatic heterocycles. The normalized spacial score (nSPS) is 20.4. The van der Waals surface area contributed by atoms with E-state index in [-0.39, 0.29) is 30.6 Å². The lowest BCUT2D eigenvalue weighted by atomic mass is 10.0. The molecule has 1 aliphatic rings. The molecule has 9 heteroatoms. The van der Waals surface area contributed by atoms with Crippen molar-refractivity contribution >= 4 is 23.3 Å². The highest BCUT2D eigenvalue weighted by molar-refractivity contribution is 6.02. The fourth-order valence-electron chi connectivity index (χ4n) is 5.54. The number of fused-ring (bicyclic) bond motifs is 1. The first kappa shape index (κ1) is 34.0. The first-order chi connectivity index (χ1) is 21.7. The zero-order valence-electron chi connectivity index (χ0n) is 26.9. The third-order valence-electron chi connectivity index (χ3n) is 8.13. The number of ether oxygens (including phenoxy) is 2. The molecule has 3 amide bonds. The van der Waals surface area contributed by atoms with Crippen molar-refractivity contribution in [2.24, 2.45) is 5.92 Å². The molecule has 0 aliphatic carbocycles. The number of urea groups is 1. The van der Waals surface area contributed by atoms with Crippen LogP contribution in [-0.2, 0) is 11.3 Å². The van der Waals surface area contributed by atoms with E-state index in [0.717, 1.165) is 25.8 Å². The summed E-state index contributed by atoms with van der Waals surface area (Å²) in [6.07, 6.45) is 2.39. The van der Waals surface area contributed by atoms with Gasteiger partial charge in [0.2, 0.25) is 0 Å². The van der Waals surface area contributed by atoms with Gasteiger partial charge in [0.1, 0.15) is 5.75 Å². The van der Waals surface area contributed by atoms with Crippen LogP contribution in [0.4, 0.5) is 16.2 Å². The molecule has 9 nitrogen and oxygen atoms in total. The van der Waals surface area contributed by atoms with Crippen LogP contribution in [0.1, 0.15) is 56.0 Å². The Morgan fingerprint density at radius 2 is 1.69 bits per heavy atom. The van der Waals surface area contributed by atoms with E-state index in [1.54, 1.807) is 35.2 Å². The Labute approximate surface area is 267 Å². The van der Waals surface area contributed by atoms with Crippen molar-refractivity contribution in [2.75, 3.05) is 44.0 Å². The lowest BCUT2D eigenvalue weighted by Crippen LogP contribution is -2.47. The monoisotopic (exact) mass is 616 g/mol.